The maximum Gasteiger partial charge on any atom is 0.154 e. The van der Waals surface area contributed by atoms with Crippen LogP contribution in [0.4, 0.5) is 0 Å². The lowest BCUT2D eigenvalue weighted by Crippen LogP contribution is -2.23. The van der Waals surface area contributed by atoms with Crippen molar-refractivity contribution in [3.05, 3.63) is 29.8 Å². The van der Waals surface area contributed by atoms with Gasteiger partial charge >= 0.3 is 0 Å². The zero-order chi connectivity index (χ0) is 15.3. The number of Topliss-reactive ketones (excluding diaryl/α,β-unsaturated/α-hetero) is 1. The van der Waals surface area contributed by atoms with Crippen molar-refractivity contribution in [1.29, 1.82) is 5.26 Å². The molecule has 3 heteroatoms. The normalized spacial score (nSPS) is 14.2. The summed E-state index contributed by atoms with van der Waals surface area (Å²) in [5.41, 5.74) is 0.801. The molecular formula is C17H23NO2. The molecule has 1 aromatic rings. The quantitative estimate of drug-likeness (QED) is 0.816. The monoisotopic (exact) mass is 273 g/mol. The summed E-state index contributed by atoms with van der Waals surface area (Å²) in [7, 11) is 1.59. The summed E-state index contributed by atoms with van der Waals surface area (Å²) in [6.07, 6.45) is 0.424. The van der Waals surface area contributed by atoms with Crippen molar-refractivity contribution in [3.8, 4) is 11.8 Å². The molecule has 3 nitrogen and oxygen atoms in total. The number of benzene rings is 1. The van der Waals surface area contributed by atoms with E-state index in [0.717, 1.165) is 11.3 Å². The van der Waals surface area contributed by atoms with Gasteiger partial charge in [-0.3, -0.25) is 4.79 Å². The first-order valence-electron chi connectivity index (χ1n) is 6.86. The van der Waals surface area contributed by atoms with E-state index in [9.17, 15) is 10.1 Å². The average Bonchev–Trinajstić information content (AvgIpc) is 2.39. The largest absolute Gasteiger partial charge is 0.497 e. The summed E-state index contributed by atoms with van der Waals surface area (Å²) in [4.78, 5) is 12.3. The second-order valence-electron chi connectivity index (χ2n) is 6.27. The van der Waals surface area contributed by atoms with Gasteiger partial charge in [0.2, 0.25) is 0 Å². The first kappa shape index (κ1) is 16.2. The second kappa shape index (κ2) is 6.56. The van der Waals surface area contributed by atoms with Crippen LogP contribution in [-0.4, -0.2) is 12.9 Å². The molecule has 0 heterocycles. The molecule has 0 fully saturated rings. The molecule has 108 valence electrons. The molecule has 2 unspecified atom stereocenters. The minimum absolute atomic E-state index is 0.0138. The lowest BCUT2D eigenvalue weighted by Gasteiger charge is -2.27. The van der Waals surface area contributed by atoms with Crippen LogP contribution in [0.25, 0.3) is 0 Å². The average molecular weight is 273 g/mol. The van der Waals surface area contributed by atoms with Gasteiger partial charge < -0.3 is 4.74 Å². The molecule has 1 rings (SSSR count). The van der Waals surface area contributed by atoms with Crippen LogP contribution in [-0.2, 0) is 4.79 Å². The molecule has 0 aliphatic heterocycles. The van der Waals surface area contributed by atoms with Gasteiger partial charge in [-0.05, 0) is 29.0 Å². The van der Waals surface area contributed by atoms with Crippen LogP contribution in [0.15, 0.2) is 24.3 Å². The molecule has 0 N–H and O–H groups in total. The Kier molecular flexibility index (Phi) is 5.33. The van der Waals surface area contributed by atoms with Crippen molar-refractivity contribution in [2.45, 2.75) is 40.0 Å². The lowest BCUT2D eigenvalue weighted by molar-refractivity contribution is -0.120. The van der Waals surface area contributed by atoms with Crippen molar-refractivity contribution in [1.82, 2.24) is 0 Å². The van der Waals surface area contributed by atoms with Gasteiger partial charge in [0.05, 0.1) is 13.2 Å². The van der Waals surface area contributed by atoms with E-state index in [-0.39, 0.29) is 17.1 Å². The first-order valence-corrected chi connectivity index (χ1v) is 6.86. The van der Waals surface area contributed by atoms with E-state index >= 15 is 0 Å². The first-order chi connectivity index (χ1) is 9.29. The third kappa shape index (κ3) is 4.09. The third-order valence-electron chi connectivity index (χ3n) is 3.89. The van der Waals surface area contributed by atoms with Gasteiger partial charge in [0.1, 0.15) is 11.7 Å². The zero-order valence-electron chi connectivity index (χ0n) is 12.9. The van der Waals surface area contributed by atoms with Crippen molar-refractivity contribution in [2.24, 2.45) is 11.3 Å². The standard InChI is InChI=1S/C17H23NO2/c1-12(17(2,3)4)10-16(19)15(11-18)13-6-8-14(20-5)9-7-13/h6-9,12,15H,10H2,1-5H3. The van der Waals surface area contributed by atoms with E-state index in [0.29, 0.717) is 6.42 Å². The third-order valence-corrected chi connectivity index (χ3v) is 3.89. The van der Waals surface area contributed by atoms with Gasteiger partial charge in [0.25, 0.3) is 0 Å². The molecule has 0 spiro atoms. The number of rotatable bonds is 5. The van der Waals surface area contributed by atoms with Crippen LogP contribution in [0, 0.1) is 22.7 Å². The molecule has 20 heavy (non-hydrogen) atoms. The Labute approximate surface area is 121 Å². The fraction of sp³-hybridized carbons (Fsp3) is 0.529. The molecule has 0 aromatic heterocycles. The Morgan fingerprint density at radius 1 is 1.30 bits per heavy atom. The SMILES string of the molecule is COc1ccc(C(C#N)C(=O)CC(C)C(C)(C)C)cc1. The molecule has 0 saturated heterocycles. The van der Waals surface area contributed by atoms with Gasteiger partial charge in [-0.2, -0.15) is 5.26 Å². The molecule has 0 bridgehead atoms. The summed E-state index contributed by atoms with van der Waals surface area (Å²) >= 11 is 0. The molecular weight excluding hydrogens is 250 g/mol. The van der Waals surface area contributed by atoms with Crippen LogP contribution in [0.3, 0.4) is 0 Å². The fourth-order valence-corrected chi connectivity index (χ4v) is 1.85. The topological polar surface area (TPSA) is 50.1 Å². The minimum Gasteiger partial charge on any atom is -0.497 e. The number of nitrogens with zero attached hydrogens (tertiary/aromatic N) is 1. The highest BCUT2D eigenvalue weighted by molar-refractivity contribution is 5.88. The Bertz CT molecular complexity index is 491. The Morgan fingerprint density at radius 2 is 1.85 bits per heavy atom. The van der Waals surface area contributed by atoms with Crippen molar-refractivity contribution < 1.29 is 9.53 Å². The van der Waals surface area contributed by atoms with Crippen LogP contribution < -0.4 is 4.74 Å². The van der Waals surface area contributed by atoms with Crippen molar-refractivity contribution in [2.75, 3.05) is 7.11 Å². The summed E-state index contributed by atoms with van der Waals surface area (Å²) in [6, 6.07) is 9.25. The smallest absolute Gasteiger partial charge is 0.154 e. The number of hydrogen-bond acceptors (Lipinski definition) is 3. The van der Waals surface area contributed by atoms with Crippen LogP contribution in [0.2, 0.25) is 0 Å². The Morgan fingerprint density at radius 3 is 2.25 bits per heavy atom. The van der Waals surface area contributed by atoms with E-state index in [1.165, 1.54) is 0 Å². The van der Waals surface area contributed by atoms with E-state index in [4.69, 9.17) is 4.74 Å². The summed E-state index contributed by atoms with van der Waals surface area (Å²) in [5.74, 6) is 0.260. The second-order valence-corrected chi connectivity index (χ2v) is 6.27. The van der Waals surface area contributed by atoms with E-state index in [1.54, 1.807) is 31.4 Å². The highest BCUT2D eigenvalue weighted by Crippen LogP contribution is 2.31. The summed E-state index contributed by atoms with van der Waals surface area (Å²) in [5, 5.41) is 9.29. The predicted octanol–water partition coefficient (Wildman–Crippen LogP) is 3.94. The highest BCUT2D eigenvalue weighted by Gasteiger charge is 2.27. The van der Waals surface area contributed by atoms with Gasteiger partial charge in [-0.15, -0.1) is 0 Å². The molecule has 1 aromatic carbocycles. The molecule has 0 aliphatic rings. The van der Waals surface area contributed by atoms with E-state index < -0.39 is 5.92 Å². The number of carbonyl (C=O) groups excluding carboxylic acids is 1. The Hall–Kier alpha value is -1.82. The van der Waals surface area contributed by atoms with Crippen LogP contribution in [0.1, 0.15) is 45.6 Å². The predicted molar refractivity (Wildman–Crippen MR) is 79.6 cm³/mol. The maximum absolute atomic E-state index is 12.3. The molecule has 0 aliphatic carbocycles. The van der Waals surface area contributed by atoms with Crippen LogP contribution in [0.5, 0.6) is 5.75 Å². The van der Waals surface area contributed by atoms with Crippen molar-refractivity contribution >= 4 is 5.78 Å². The number of methoxy groups -OCH3 is 1. The van der Waals surface area contributed by atoms with Crippen molar-refractivity contribution in [3.63, 3.8) is 0 Å². The number of hydrogen-bond donors (Lipinski definition) is 0. The Balaban J connectivity index is 2.85. The maximum atomic E-state index is 12.3. The molecule has 0 amide bonds. The highest BCUT2D eigenvalue weighted by atomic mass is 16.5. The molecule has 0 radical (unpaired) electrons. The number of ether oxygens (including phenoxy) is 1. The summed E-state index contributed by atoms with van der Waals surface area (Å²) < 4.78 is 5.08. The lowest BCUT2D eigenvalue weighted by atomic mass is 9.77. The zero-order valence-corrected chi connectivity index (χ0v) is 12.9. The molecule has 2 atom stereocenters. The van der Waals surface area contributed by atoms with E-state index in [2.05, 4.69) is 33.8 Å². The van der Waals surface area contributed by atoms with Gasteiger partial charge in [-0.1, -0.05) is 39.8 Å². The number of carbonyl (C=O) groups is 1. The van der Waals surface area contributed by atoms with Gasteiger partial charge in [0.15, 0.2) is 5.78 Å². The minimum atomic E-state index is -0.689. The number of ketones is 1. The fourth-order valence-electron chi connectivity index (χ4n) is 1.85. The van der Waals surface area contributed by atoms with Crippen LogP contribution >= 0.6 is 0 Å². The molecule has 0 saturated carbocycles. The van der Waals surface area contributed by atoms with Gasteiger partial charge in [0, 0.05) is 6.42 Å². The van der Waals surface area contributed by atoms with Gasteiger partial charge in [-0.25, -0.2) is 0 Å². The van der Waals surface area contributed by atoms with E-state index in [1.807, 2.05) is 0 Å². The summed E-state index contributed by atoms with van der Waals surface area (Å²) in [6.45, 7) is 8.39. The number of nitriles is 1.